The standard InChI is InChI=1S/C21H21ClN2O3S/c1-13(21(26)27-16-5-3-2-4-6-16)24-12-23-19-18(20(24)25)17(11-28-19)14-7-9-15(22)10-8-14/h7-13,16H,2-6H2,1H3. The minimum atomic E-state index is -0.718. The van der Waals surface area contributed by atoms with Crippen molar-refractivity contribution < 1.29 is 9.53 Å². The van der Waals surface area contributed by atoms with E-state index < -0.39 is 6.04 Å². The van der Waals surface area contributed by atoms with E-state index in [1.165, 1.54) is 28.7 Å². The Balaban J connectivity index is 1.67. The normalized spacial score (nSPS) is 16.2. The molecule has 7 heteroatoms. The molecule has 2 heterocycles. The Morgan fingerprint density at radius 1 is 1.25 bits per heavy atom. The van der Waals surface area contributed by atoms with E-state index in [0.29, 0.717) is 15.2 Å². The molecule has 1 unspecified atom stereocenters. The molecule has 0 saturated heterocycles. The quantitative estimate of drug-likeness (QED) is 0.547. The van der Waals surface area contributed by atoms with Crippen molar-refractivity contribution in [3.8, 4) is 11.1 Å². The Labute approximate surface area is 171 Å². The minimum Gasteiger partial charge on any atom is -0.461 e. The van der Waals surface area contributed by atoms with E-state index >= 15 is 0 Å². The molecule has 3 aromatic rings. The Morgan fingerprint density at radius 2 is 1.96 bits per heavy atom. The van der Waals surface area contributed by atoms with Crippen LogP contribution in [0.2, 0.25) is 5.02 Å². The van der Waals surface area contributed by atoms with Crippen molar-refractivity contribution in [2.24, 2.45) is 0 Å². The second kappa shape index (κ2) is 8.05. The molecular formula is C21H21ClN2O3S. The van der Waals surface area contributed by atoms with E-state index in [1.807, 2.05) is 17.5 Å². The molecule has 0 bridgehead atoms. The summed E-state index contributed by atoms with van der Waals surface area (Å²) < 4.78 is 7.02. The first-order valence-corrected chi connectivity index (χ1v) is 10.7. The number of hydrogen-bond donors (Lipinski definition) is 0. The number of ether oxygens (including phenoxy) is 1. The minimum absolute atomic E-state index is 0.0399. The first-order chi connectivity index (χ1) is 13.5. The van der Waals surface area contributed by atoms with E-state index in [2.05, 4.69) is 4.98 Å². The van der Waals surface area contributed by atoms with Gasteiger partial charge in [-0.3, -0.25) is 9.36 Å². The molecule has 5 nitrogen and oxygen atoms in total. The van der Waals surface area contributed by atoms with Gasteiger partial charge in [-0.05, 0) is 50.3 Å². The third kappa shape index (κ3) is 3.71. The van der Waals surface area contributed by atoms with Crippen LogP contribution >= 0.6 is 22.9 Å². The van der Waals surface area contributed by atoms with E-state index in [0.717, 1.165) is 36.8 Å². The van der Waals surface area contributed by atoms with Gasteiger partial charge >= 0.3 is 5.97 Å². The first-order valence-electron chi connectivity index (χ1n) is 9.49. The zero-order valence-electron chi connectivity index (χ0n) is 15.6. The van der Waals surface area contributed by atoms with E-state index in [9.17, 15) is 9.59 Å². The number of halogens is 1. The average molecular weight is 417 g/mol. The molecule has 1 aromatic carbocycles. The number of thiophene rings is 1. The predicted molar refractivity (Wildman–Crippen MR) is 112 cm³/mol. The maximum absolute atomic E-state index is 13.2. The molecule has 1 aliphatic carbocycles. The van der Waals surface area contributed by atoms with Gasteiger partial charge in [0.2, 0.25) is 0 Å². The molecule has 1 atom stereocenters. The highest BCUT2D eigenvalue weighted by atomic mass is 35.5. The summed E-state index contributed by atoms with van der Waals surface area (Å²) >= 11 is 7.39. The van der Waals surface area contributed by atoms with Crippen molar-refractivity contribution >= 4 is 39.1 Å². The van der Waals surface area contributed by atoms with Crippen LogP contribution in [0.25, 0.3) is 21.3 Å². The van der Waals surface area contributed by atoms with Gasteiger partial charge in [-0.25, -0.2) is 9.78 Å². The highest BCUT2D eigenvalue weighted by molar-refractivity contribution is 7.17. The molecule has 0 N–H and O–H groups in total. The molecule has 28 heavy (non-hydrogen) atoms. The Hall–Kier alpha value is -2.18. The van der Waals surface area contributed by atoms with Crippen molar-refractivity contribution in [2.75, 3.05) is 0 Å². The lowest BCUT2D eigenvalue weighted by atomic mass is 9.98. The number of carbonyl (C=O) groups is 1. The molecule has 146 valence electrons. The molecule has 2 aromatic heterocycles. The molecule has 4 rings (SSSR count). The highest BCUT2D eigenvalue weighted by Crippen LogP contribution is 2.31. The molecule has 1 fully saturated rings. The summed E-state index contributed by atoms with van der Waals surface area (Å²) in [4.78, 5) is 30.8. The van der Waals surface area contributed by atoms with Gasteiger partial charge in [0, 0.05) is 16.0 Å². The maximum atomic E-state index is 13.2. The lowest BCUT2D eigenvalue weighted by molar-refractivity contribution is -0.154. The van der Waals surface area contributed by atoms with Gasteiger partial charge in [0.05, 0.1) is 11.7 Å². The van der Waals surface area contributed by atoms with Crippen molar-refractivity contribution in [3.05, 3.63) is 51.3 Å². The van der Waals surface area contributed by atoms with Crippen LogP contribution in [0.4, 0.5) is 0 Å². The summed E-state index contributed by atoms with van der Waals surface area (Å²) in [5, 5.41) is 3.07. The van der Waals surface area contributed by atoms with Crippen molar-refractivity contribution in [3.63, 3.8) is 0 Å². The number of carbonyl (C=O) groups excluding carboxylic acids is 1. The van der Waals surface area contributed by atoms with Crippen molar-refractivity contribution in [1.29, 1.82) is 0 Å². The summed E-state index contributed by atoms with van der Waals surface area (Å²) in [6.07, 6.45) is 6.56. The van der Waals surface area contributed by atoms with Gasteiger partial charge in [-0.1, -0.05) is 30.2 Å². The fraction of sp³-hybridized carbons (Fsp3) is 0.381. The van der Waals surface area contributed by atoms with Gasteiger partial charge in [-0.15, -0.1) is 11.3 Å². The zero-order valence-corrected chi connectivity index (χ0v) is 17.1. The van der Waals surface area contributed by atoms with Crippen LogP contribution in [-0.2, 0) is 9.53 Å². The summed E-state index contributed by atoms with van der Waals surface area (Å²) in [7, 11) is 0. The fourth-order valence-electron chi connectivity index (χ4n) is 3.62. The van der Waals surface area contributed by atoms with Crippen molar-refractivity contribution in [1.82, 2.24) is 9.55 Å². The van der Waals surface area contributed by atoms with Gasteiger partial charge in [0.25, 0.3) is 5.56 Å². The first kappa shape index (κ1) is 19.2. The predicted octanol–water partition coefficient (Wildman–Crippen LogP) is 5.22. The highest BCUT2D eigenvalue weighted by Gasteiger charge is 2.25. The van der Waals surface area contributed by atoms with Gasteiger partial charge in [-0.2, -0.15) is 0 Å². The van der Waals surface area contributed by atoms with Crippen LogP contribution in [-0.4, -0.2) is 21.6 Å². The number of benzene rings is 1. The van der Waals surface area contributed by atoms with Gasteiger partial charge in [0.1, 0.15) is 17.0 Å². The topological polar surface area (TPSA) is 61.2 Å². The maximum Gasteiger partial charge on any atom is 0.329 e. The number of hydrogen-bond acceptors (Lipinski definition) is 5. The molecule has 0 amide bonds. The molecular weight excluding hydrogens is 396 g/mol. The van der Waals surface area contributed by atoms with Crippen LogP contribution in [0.15, 0.2) is 40.8 Å². The second-order valence-corrected chi connectivity index (χ2v) is 8.46. The summed E-state index contributed by atoms with van der Waals surface area (Å²) in [6, 6.07) is 6.62. The van der Waals surface area contributed by atoms with Crippen LogP contribution in [0.5, 0.6) is 0 Å². The van der Waals surface area contributed by atoms with Gasteiger partial charge in [0.15, 0.2) is 0 Å². The molecule has 0 radical (unpaired) electrons. The third-order valence-electron chi connectivity index (χ3n) is 5.27. The number of fused-ring (bicyclic) bond motifs is 1. The van der Waals surface area contributed by atoms with Crippen LogP contribution in [0.1, 0.15) is 45.1 Å². The van der Waals surface area contributed by atoms with Crippen molar-refractivity contribution in [2.45, 2.75) is 51.2 Å². The summed E-state index contributed by atoms with van der Waals surface area (Å²) in [6.45, 7) is 1.69. The third-order valence-corrected chi connectivity index (χ3v) is 6.41. The fourth-order valence-corrected chi connectivity index (χ4v) is 4.66. The number of rotatable bonds is 4. The van der Waals surface area contributed by atoms with E-state index in [4.69, 9.17) is 16.3 Å². The second-order valence-electron chi connectivity index (χ2n) is 7.17. The van der Waals surface area contributed by atoms with Crippen LogP contribution < -0.4 is 5.56 Å². The molecule has 0 spiro atoms. The van der Waals surface area contributed by atoms with Crippen LogP contribution in [0, 0.1) is 0 Å². The van der Waals surface area contributed by atoms with Gasteiger partial charge < -0.3 is 4.74 Å². The zero-order chi connectivity index (χ0) is 19.7. The molecule has 1 saturated carbocycles. The molecule has 0 aliphatic heterocycles. The SMILES string of the molecule is CC(C(=O)OC1CCCCC1)n1cnc2scc(-c3ccc(Cl)cc3)c2c1=O. The lowest BCUT2D eigenvalue weighted by Crippen LogP contribution is -2.32. The Morgan fingerprint density at radius 3 is 2.68 bits per heavy atom. The monoisotopic (exact) mass is 416 g/mol. The lowest BCUT2D eigenvalue weighted by Gasteiger charge is -2.24. The molecule has 1 aliphatic rings. The number of aromatic nitrogens is 2. The Bertz CT molecular complexity index is 1050. The summed E-state index contributed by atoms with van der Waals surface area (Å²) in [5.74, 6) is -0.376. The largest absolute Gasteiger partial charge is 0.461 e. The smallest absolute Gasteiger partial charge is 0.329 e. The number of esters is 1. The average Bonchev–Trinajstić information content (AvgIpc) is 3.14. The van der Waals surface area contributed by atoms with E-state index in [-0.39, 0.29) is 17.6 Å². The summed E-state index contributed by atoms with van der Waals surface area (Å²) in [5.41, 5.74) is 1.46. The number of nitrogens with zero attached hydrogens (tertiary/aromatic N) is 2. The Kier molecular flexibility index (Phi) is 5.51. The van der Waals surface area contributed by atoms with Crippen LogP contribution in [0.3, 0.4) is 0 Å². The van der Waals surface area contributed by atoms with E-state index in [1.54, 1.807) is 19.1 Å².